The summed E-state index contributed by atoms with van der Waals surface area (Å²) in [6.45, 7) is 7.91. The largest absolute Gasteiger partial charge is 0.340 e. The van der Waals surface area contributed by atoms with Gasteiger partial charge in [-0.3, -0.25) is 9.59 Å². The van der Waals surface area contributed by atoms with Gasteiger partial charge in [-0.05, 0) is 44.2 Å². The third-order valence-corrected chi connectivity index (χ3v) is 5.71. The van der Waals surface area contributed by atoms with Crippen molar-refractivity contribution in [1.82, 2.24) is 4.90 Å². The summed E-state index contributed by atoms with van der Waals surface area (Å²) >= 11 is 0. The van der Waals surface area contributed by atoms with Crippen LogP contribution in [0.25, 0.3) is 0 Å². The van der Waals surface area contributed by atoms with Gasteiger partial charge in [0.05, 0.1) is 0 Å². The standard InChI is InChI=1S/C21H30N2O2/c1-16-9-6-7-13-22(16)19(24)12-8-14-23-18-11-5-4-10-17(18)21(2,3)15-20(23)25/h4-5,10-11,16H,6-9,12-15H2,1-3H3/t16-/m0/s1. The Hall–Kier alpha value is -1.84. The van der Waals surface area contributed by atoms with Crippen LogP contribution in [0.5, 0.6) is 0 Å². The fourth-order valence-corrected chi connectivity index (χ4v) is 4.23. The Balaban J connectivity index is 1.63. The van der Waals surface area contributed by atoms with Gasteiger partial charge < -0.3 is 9.80 Å². The Kier molecular flexibility index (Phi) is 5.16. The van der Waals surface area contributed by atoms with Gasteiger partial charge in [0.15, 0.2) is 0 Å². The highest BCUT2D eigenvalue weighted by Crippen LogP contribution is 2.40. The van der Waals surface area contributed by atoms with Gasteiger partial charge in [-0.25, -0.2) is 0 Å². The summed E-state index contributed by atoms with van der Waals surface area (Å²) in [4.78, 5) is 29.0. The van der Waals surface area contributed by atoms with Crippen molar-refractivity contribution in [3.05, 3.63) is 29.8 Å². The van der Waals surface area contributed by atoms with Crippen molar-refractivity contribution >= 4 is 17.5 Å². The minimum atomic E-state index is -0.122. The van der Waals surface area contributed by atoms with E-state index in [0.717, 1.165) is 31.5 Å². The Bertz CT molecular complexity index is 653. The third kappa shape index (κ3) is 3.73. The maximum absolute atomic E-state index is 12.6. The topological polar surface area (TPSA) is 40.6 Å². The summed E-state index contributed by atoms with van der Waals surface area (Å²) < 4.78 is 0. The van der Waals surface area contributed by atoms with Crippen molar-refractivity contribution in [3.8, 4) is 0 Å². The number of amides is 2. The molecular weight excluding hydrogens is 312 g/mol. The first-order chi connectivity index (χ1) is 11.9. The number of hydrogen-bond donors (Lipinski definition) is 0. The molecule has 1 atom stereocenters. The number of nitrogens with zero attached hydrogens (tertiary/aromatic N) is 2. The highest BCUT2D eigenvalue weighted by Gasteiger charge is 2.36. The van der Waals surface area contributed by atoms with Crippen LogP contribution in [-0.4, -0.2) is 35.8 Å². The van der Waals surface area contributed by atoms with E-state index in [2.05, 4.69) is 26.8 Å². The molecule has 2 heterocycles. The second kappa shape index (κ2) is 7.19. The molecule has 4 heteroatoms. The van der Waals surface area contributed by atoms with Crippen molar-refractivity contribution in [2.45, 2.75) is 70.8 Å². The van der Waals surface area contributed by atoms with Crippen molar-refractivity contribution in [1.29, 1.82) is 0 Å². The number of anilines is 1. The number of hydrogen-bond acceptors (Lipinski definition) is 2. The van der Waals surface area contributed by atoms with Gasteiger partial charge in [-0.15, -0.1) is 0 Å². The minimum Gasteiger partial charge on any atom is -0.340 e. The first-order valence-electron chi connectivity index (χ1n) is 9.59. The molecule has 0 N–H and O–H groups in total. The first-order valence-corrected chi connectivity index (χ1v) is 9.59. The third-order valence-electron chi connectivity index (χ3n) is 5.71. The zero-order chi connectivity index (χ0) is 18.0. The molecule has 2 aliphatic heterocycles. The number of para-hydroxylation sites is 1. The molecule has 0 radical (unpaired) electrons. The van der Waals surface area contributed by atoms with E-state index in [4.69, 9.17) is 0 Å². The minimum absolute atomic E-state index is 0.122. The quantitative estimate of drug-likeness (QED) is 0.833. The van der Waals surface area contributed by atoms with Gasteiger partial charge >= 0.3 is 0 Å². The molecule has 0 saturated carbocycles. The molecule has 3 rings (SSSR count). The van der Waals surface area contributed by atoms with Crippen molar-refractivity contribution in [2.75, 3.05) is 18.0 Å². The van der Waals surface area contributed by atoms with Gasteiger partial charge in [-0.1, -0.05) is 32.0 Å². The predicted molar refractivity (Wildman–Crippen MR) is 101 cm³/mol. The van der Waals surface area contributed by atoms with E-state index in [9.17, 15) is 9.59 Å². The first kappa shape index (κ1) is 18.0. The molecule has 1 fully saturated rings. The van der Waals surface area contributed by atoms with Crippen LogP contribution < -0.4 is 4.90 Å². The molecule has 0 bridgehead atoms. The van der Waals surface area contributed by atoms with E-state index in [1.54, 1.807) is 0 Å². The lowest BCUT2D eigenvalue weighted by Crippen LogP contribution is -2.44. The van der Waals surface area contributed by atoms with Gasteiger partial charge in [0, 0.05) is 43.1 Å². The van der Waals surface area contributed by atoms with Crippen LogP contribution in [-0.2, 0) is 15.0 Å². The molecular formula is C21H30N2O2. The molecule has 0 aromatic heterocycles. The molecule has 136 valence electrons. The molecule has 0 aliphatic carbocycles. The SMILES string of the molecule is C[C@H]1CCCCN1C(=O)CCCN1C(=O)CC(C)(C)c2ccccc21. The summed E-state index contributed by atoms with van der Waals surface area (Å²) in [5, 5.41) is 0. The Morgan fingerprint density at radius 3 is 2.76 bits per heavy atom. The highest BCUT2D eigenvalue weighted by molar-refractivity contribution is 5.97. The van der Waals surface area contributed by atoms with Gasteiger partial charge in [0.2, 0.25) is 11.8 Å². The maximum Gasteiger partial charge on any atom is 0.227 e. The lowest BCUT2D eigenvalue weighted by molar-refractivity contribution is -0.134. The van der Waals surface area contributed by atoms with Gasteiger partial charge in [0.1, 0.15) is 0 Å². The van der Waals surface area contributed by atoms with E-state index in [0.29, 0.717) is 25.4 Å². The summed E-state index contributed by atoms with van der Waals surface area (Å²) in [6.07, 6.45) is 5.23. The van der Waals surface area contributed by atoms with Crippen LogP contribution in [0.15, 0.2) is 24.3 Å². The van der Waals surface area contributed by atoms with Crippen LogP contribution in [0.4, 0.5) is 5.69 Å². The molecule has 4 nitrogen and oxygen atoms in total. The second-order valence-corrected chi connectivity index (χ2v) is 8.16. The lowest BCUT2D eigenvalue weighted by atomic mass is 9.77. The highest BCUT2D eigenvalue weighted by atomic mass is 16.2. The summed E-state index contributed by atoms with van der Waals surface area (Å²) in [5.74, 6) is 0.410. The smallest absolute Gasteiger partial charge is 0.227 e. The number of fused-ring (bicyclic) bond motifs is 1. The summed E-state index contributed by atoms with van der Waals surface area (Å²) in [7, 11) is 0. The van der Waals surface area contributed by atoms with E-state index in [-0.39, 0.29) is 17.2 Å². The Morgan fingerprint density at radius 1 is 1.24 bits per heavy atom. The molecule has 1 aromatic carbocycles. The van der Waals surface area contributed by atoms with Crippen LogP contribution in [0, 0.1) is 0 Å². The van der Waals surface area contributed by atoms with Crippen LogP contribution in [0.2, 0.25) is 0 Å². The Morgan fingerprint density at radius 2 is 2.00 bits per heavy atom. The lowest BCUT2D eigenvalue weighted by Gasteiger charge is -2.39. The molecule has 1 saturated heterocycles. The predicted octanol–water partition coefficient (Wildman–Crippen LogP) is 3.88. The van der Waals surface area contributed by atoms with Crippen LogP contribution >= 0.6 is 0 Å². The fraction of sp³-hybridized carbons (Fsp3) is 0.619. The molecule has 0 spiro atoms. The molecule has 0 unspecified atom stereocenters. The van der Waals surface area contributed by atoms with E-state index in [1.807, 2.05) is 28.0 Å². The maximum atomic E-state index is 12.6. The second-order valence-electron chi connectivity index (χ2n) is 8.16. The normalized spacial score (nSPS) is 22.7. The monoisotopic (exact) mass is 342 g/mol. The Labute approximate surface area is 151 Å². The van der Waals surface area contributed by atoms with E-state index < -0.39 is 0 Å². The zero-order valence-electron chi connectivity index (χ0n) is 15.8. The van der Waals surface area contributed by atoms with Gasteiger partial charge in [-0.2, -0.15) is 0 Å². The number of carbonyl (C=O) groups excluding carboxylic acids is 2. The zero-order valence-corrected chi connectivity index (χ0v) is 15.8. The molecule has 25 heavy (non-hydrogen) atoms. The number of carbonyl (C=O) groups is 2. The number of benzene rings is 1. The number of likely N-dealkylation sites (tertiary alicyclic amines) is 1. The molecule has 2 amide bonds. The molecule has 2 aliphatic rings. The number of piperidine rings is 1. The van der Waals surface area contributed by atoms with E-state index in [1.165, 1.54) is 12.0 Å². The average Bonchev–Trinajstić information content (AvgIpc) is 2.57. The van der Waals surface area contributed by atoms with Crippen LogP contribution in [0.1, 0.15) is 64.9 Å². The van der Waals surface area contributed by atoms with Crippen LogP contribution in [0.3, 0.4) is 0 Å². The molecule has 1 aromatic rings. The van der Waals surface area contributed by atoms with E-state index >= 15 is 0 Å². The summed E-state index contributed by atoms with van der Waals surface area (Å²) in [5.41, 5.74) is 2.12. The number of rotatable bonds is 4. The average molecular weight is 342 g/mol. The fourth-order valence-electron chi connectivity index (χ4n) is 4.23. The van der Waals surface area contributed by atoms with Gasteiger partial charge in [0.25, 0.3) is 0 Å². The van der Waals surface area contributed by atoms with Crippen molar-refractivity contribution in [3.63, 3.8) is 0 Å². The van der Waals surface area contributed by atoms with Crippen molar-refractivity contribution < 1.29 is 9.59 Å². The van der Waals surface area contributed by atoms with Crippen molar-refractivity contribution in [2.24, 2.45) is 0 Å². The summed E-state index contributed by atoms with van der Waals surface area (Å²) in [6, 6.07) is 8.54.